The van der Waals surface area contributed by atoms with Crippen LogP contribution in [0.25, 0.3) is 0 Å². The van der Waals surface area contributed by atoms with E-state index in [2.05, 4.69) is 21.2 Å². The van der Waals surface area contributed by atoms with Gasteiger partial charge in [0.05, 0.1) is 5.92 Å². The maximum atomic E-state index is 12.3. The van der Waals surface area contributed by atoms with E-state index in [-0.39, 0.29) is 24.2 Å². The number of nitrogens with one attached hydrogen (secondary N) is 1. The lowest BCUT2D eigenvalue weighted by Crippen LogP contribution is -2.28. The number of carbonyl (C=O) groups excluding carboxylic acids is 2. The van der Waals surface area contributed by atoms with E-state index in [1.165, 1.54) is 0 Å². The van der Waals surface area contributed by atoms with E-state index < -0.39 is 0 Å². The summed E-state index contributed by atoms with van der Waals surface area (Å²) in [6, 6.07) is 16.8. The summed E-state index contributed by atoms with van der Waals surface area (Å²) in [5.74, 6) is -0.453. The van der Waals surface area contributed by atoms with Gasteiger partial charge in [0.2, 0.25) is 11.8 Å². The standard InChI is InChI=1S/C17H15BrN2O2/c18-13-6-8-15(9-7-13)20-11-12(10-16(20)21)17(22)19-14-4-2-1-3-5-14/h1-9,12H,10-11H2,(H,19,22). The highest BCUT2D eigenvalue weighted by molar-refractivity contribution is 9.10. The molecule has 0 aromatic heterocycles. The van der Waals surface area contributed by atoms with E-state index in [1.807, 2.05) is 54.6 Å². The van der Waals surface area contributed by atoms with Crippen molar-refractivity contribution in [3.63, 3.8) is 0 Å². The highest BCUT2D eigenvalue weighted by atomic mass is 79.9. The molecule has 2 aromatic carbocycles. The van der Waals surface area contributed by atoms with E-state index in [0.717, 1.165) is 15.8 Å². The number of benzene rings is 2. The Kier molecular flexibility index (Phi) is 4.24. The van der Waals surface area contributed by atoms with Gasteiger partial charge in [0, 0.05) is 28.8 Å². The predicted molar refractivity (Wildman–Crippen MR) is 89.7 cm³/mol. The number of amides is 2. The van der Waals surface area contributed by atoms with E-state index in [1.54, 1.807) is 4.90 Å². The Balaban J connectivity index is 1.69. The molecule has 1 aliphatic rings. The summed E-state index contributed by atoms with van der Waals surface area (Å²) in [6.07, 6.45) is 0.245. The molecule has 0 spiro atoms. The topological polar surface area (TPSA) is 49.4 Å². The van der Waals surface area contributed by atoms with Crippen LogP contribution in [0.5, 0.6) is 0 Å². The predicted octanol–water partition coefficient (Wildman–Crippen LogP) is 3.44. The molecule has 0 saturated carbocycles. The Labute approximate surface area is 137 Å². The third-order valence-corrected chi connectivity index (χ3v) is 4.20. The number of anilines is 2. The molecule has 2 aromatic rings. The molecular formula is C17H15BrN2O2. The fraction of sp³-hybridized carbons (Fsp3) is 0.176. The van der Waals surface area contributed by atoms with Gasteiger partial charge in [-0.3, -0.25) is 9.59 Å². The lowest BCUT2D eigenvalue weighted by atomic mass is 10.1. The van der Waals surface area contributed by atoms with Gasteiger partial charge >= 0.3 is 0 Å². The van der Waals surface area contributed by atoms with Gasteiger partial charge in [-0.05, 0) is 36.4 Å². The lowest BCUT2D eigenvalue weighted by Gasteiger charge is -2.16. The van der Waals surface area contributed by atoms with Crippen LogP contribution in [0.15, 0.2) is 59.1 Å². The Morgan fingerprint density at radius 2 is 1.77 bits per heavy atom. The lowest BCUT2D eigenvalue weighted by molar-refractivity contribution is -0.122. The second-order valence-electron chi connectivity index (χ2n) is 5.24. The average molecular weight is 359 g/mol. The van der Waals surface area contributed by atoms with Crippen LogP contribution < -0.4 is 10.2 Å². The normalized spacial score (nSPS) is 17.6. The number of hydrogen-bond acceptors (Lipinski definition) is 2. The number of rotatable bonds is 3. The largest absolute Gasteiger partial charge is 0.326 e. The van der Waals surface area contributed by atoms with Crippen molar-refractivity contribution in [2.75, 3.05) is 16.8 Å². The molecule has 0 aliphatic carbocycles. The number of para-hydroxylation sites is 1. The fourth-order valence-electron chi connectivity index (χ4n) is 2.52. The Hall–Kier alpha value is -2.14. The third kappa shape index (κ3) is 3.20. The van der Waals surface area contributed by atoms with Crippen molar-refractivity contribution in [1.29, 1.82) is 0 Å². The van der Waals surface area contributed by atoms with Crippen LogP contribution >= 0.6 is 15.9 Å². The van der Waals surface area contributed by atoms with Crippen LogP contribution in [0.4, 0.5) is 11.4 Å². The van der Waals surface area contributed by atoms with E-state index in [0.29, 0.717) is 6.54 Å². The summed E-state index contributed by atoms with van der Waals surface area (Å²) in [5, 5.41) is 2.86. The van der Waals surface area contributed by atoms with Crippen LogP contribution in [-0.4, -0.2) is 18.4 Å². The number of carbonyl (C=O) groups is 2. The van der Waals surface area contributed by atoms with Crippen molar-refractivity contribution in [2.45, 2.75) is 6.42 Å². The maximum absolute atomic E-state index is 12.3. The van der Waals surface area contributed by atoms with Crippen molar-refractivity contribution in [1.82, 2.24) is 0 Å². The summed E-state index contributed by atoms with van der Waals surface area (Å²) in [4.78, 5) is 26.1. The maximum Gasteiger partial charge on any atom is 0.229 e. The van der Waals surface area contributed by atoms with Gasteiger partial charge in [0.15, 0.2) is 0 Å². The summed E-state index contributed by atoms with van der Waals surface area (Å²) >= 11 is 3.37. The molecule has 112 valence electrons. The van der Waals surface area contributed by atoms with Crippen molar-refractivity contribution in [3.05, 3.63) is 59.1 Å². The van der Waals surface area contributed by atoms with Crippen LogP contribution in [0.2, 0.25) is 0 Å². The number of hydrogen-bond donors (Lipinski definition) is 1. The zero-order valence-corrected chi connectivity index (χ0v) is 13.4. The zero-order valence-electron chi connectivity index (χ0n) is 11.8. The minimum atomic E-state index is -0.323. The minimum absolute atomic E-state index is 0.0180. The van der Waals surface area contributed by atoms with Crippen molar-refractivity contribution in [3.8, 4) is 0 Å². The van der Waals surface area contributed by atoms with Crippen molar-refractivity contribution >= 4 is 39.1 Å². The molecule has 4 nitrogen and oxygen atoms in total. The van der Waals surface area contributed by atoms with Gasteiger partial charge in [0.1, 0.15) is 0 Å². The van der Waals surface area contributed by atoms with Gasteiger partial charge in [-0.25, -0.2) is 0 Å². The molecule has 2 amide bonds. The number of halogens is 1. The molecule has 1 atom stereocenters. The Morgan fingerprint density at radius 3 is 2.45 bits per heavy atom. The molecule has 22 heavy (non-hydrogen) atoms. The minimum Gasteiger partial charge on any atom is -0.326 e. The first-order valence-electron chi connectivity index (χ1n) is 7.05. The summed E-state index contributed by atoms with van der Waals surface area (Å²) in [5.41, 5.74) is 1.57. The zero-order chi connectivity index (χ0) is 15.5. The monoisotopic (exact) mass is 358 g/mol. The second-order valence-corrected chi connectivity index (χ2v) is 6.15. The van der Waals surface area contributed by atoms with E-state index in [4.69, 9.17) is 0 Å². The molecular weight excluding hydrogens is 344 g/mol. The molecule has 0 bridgehead atoms. The van der Waals surface area contributed by atoms with Crippen LogP contribution in [-0.2, 0) is 9.59 Å². The van der Waals surface area contributed by atoms with Crippen LogP contribution in [0.1, 0.15) is 6.42 Å². The first-order chi connectivity index (χ1) is 10.6. The molecule has 1 heterocycles. The smallest absolute Gasteiger partial charge is 0.229 e. The van der Waals surface area contributed by atoms with E-state index in [9.17, 15) is 9.59 Å². The molecule has 1 N–H and O–H groups in total. The second kappa shape index (κ2) is 6.32. The van der Waals surface area contributed by atoms with Crippen LogP contribution in [0.3, 0.4) is 0 Å². The molecule has 5 heteroatoms. The summed E-state index contributed by atoms with van der Waals surface area (Å²) in [6.45, 7) is 0.416. The highest BCUT2D eigenvalue weighted by Gasteiger charge is 2.35. The van der Waals surface area contributed by atoms with Gasteiger partial charge in [-0.1, -0.05) is 34.1 Å². The van der Waals surface area contributed by atoms with Crippen molar-refractivity contribution < 1.29 is 9.59 Å². The summed E-state index contributed by atoms with van der Waals surface area (Å²) < 4.78 is 0.960. The van der Waals surface area contributed by atoms with Gasteiger partial charge < -0.3 is 10.2 Å². The van der Waals surface area contributed by atoms with E-state index >= 15 is 0 Å². The van der Waals surface area contributed by atoms with Crippen molar-refractivity contribution in [2.24, 2.45) is 5.92 Å². The average Bonchev–Trinajstić information content (AvgIpc) is 2.91. The highest BCUT2D eigenvalue weighted by Crippen LogP contribution is 2.27. The fourth-order valence-corrected chi connectivity index (χ4v) is 2.78. The number of nitrogens with zero attached hydrogens (tertiary/aromatic N) is 1. The van der Waals surface area contributed by atoms with Gasteiger partial charge in [0.25, 0.3) is 0 Å². The van der Waals surface area contributed by atoms with Gasteiger partial charge in [-0.15, -0.1) is 0 Å². The first-order valence-corrected chi connectivity index (χ1v) is 7.84. The van der Waals surface area contributed by atoms with Gasteiger partial charge in [-0.2, -0.15) is 0 Å². The quantitative estimate of drug-likeness (QED) is 0.913. The molecule has 1 saturated heterocycles. The first kappa shape index (κ1) is 14.8. The Morgan fingerprint density at radius 1 is 1.09 bits per heavy atom. The van der Waals surface area contributed by atoms with Crippen LogP contribution in [0, 0.1) is 5.92 Å². The molecule has 1 fully saturated rings. The summed E-state index contributed by atoms with van der Waals surface area (Å²) in [7, 11) is 0. The molecule has 1 unspecified atom stereocenters. The molecule has 0 radical (unpaired) electrons. The Bertz CT molecular complexity index is 686. The third-order valence-electron chi connectivity index (χ3n) is 3.68. The molecule has 1 aliphatic heterocycles. The molecule has 3 rings (SSSR count). The SMILES string of the molecule is O=C(Nc1ccccc1)C1CC(=O)N(c2ccc(Br)cc2)C1.